The first kappa shape index (κ1) is 24.0. The van der Waals surface area contributed by atoms with E-state index in [2.05, 4.69) is 5.32 Å². The number of carbonyl (C=O) groups is 2. The molecule has 0 heterocycles. The predicted molar refractivity (Wildman–Crippen MR) is 126 cm³/mol. The van der Waals surface area contributed by atoms with Crippen LogP contribution >= 0.6 is 0 Å². The maximum absolute atomic E-state index is 13.4. The smallest absolute Gasteiger partial charge is 0.261 e. The van der Waals surface area contributed by atoms with E-state index in [9.17, 15) is 14.0 Å². The zero-order chi connectivity index (χ0) is 23.8. The number of hydrogen-bond donors (Lipinski definition) is 1. The predicted octanol–water partition coefficient (Wildman–Crippen LogP) is 4.21. The lowest BCUT2D eigenvalue weighted by Gasteiger charge is -2.31. The summed E-state index contributed by atoms with van der Waals surface area (Å²) in [6.07, 6.45) is 0.344. The van der Waals surface area contributed by atoms with Gasteiger partial charge >= 0.3 is 0 Å². The van der Waals surface area contributed by atoms with Crippen LogP contribution in [0.3, 0.4) is 0 Å². The van der Waals surface area contributed by atoms with Crippen LogP contribution in [0, 0.1) is 19.7 Å². The molecule has 0 saturated heterocycles. The molecule has 3 rings (SSSR count). The lowest BCUT2D eigenvalue weighted by atomic mass is 10.0. The van der Waals surface area contributed by atoms with Crippen molar-refractivity contribution in [3.63, 3.8) is 0 Å². The fourth-order valence-electron chi connectivity index (χ4n) is 3.54. The van der Waals surface area contributed by atoms with Crippen LogP contribution in [0.25, 0.3) is 0 Å². The molecule has 0 bridgehead atoms. The molecular weight excluding hydrogens is 419 g/mol. The van der Waals surface area contributed by atoms with Crippen LogP contribution in [-0.4, -0.2) is 36.4 Å². The number of amides is 2. The molecular formula is C27H29FN2O3. The van der Waals surface area contributed by atoms with E-state index in [4.69, 9.17) is 4.74 Å². The standard InChI is InChI=1S/C27H29FN2O3/c1-19-9-14-24(15-20(19)2)33-18-26(31)30(17-22-10-12-23(28)13-11-22)25(27(32)29-3)16-21-7-5-4-6-8-21/h4-15,25H,16-18H2,1-3H3,(H,29,32)/t25-/m1/s1. The molecule has 0 aliphatic heterocycles. The summed E-state index contributed by atoms with van der Waals surface area (Å²) in [4.78, 5) is 27.7. The molecule has 33 heavy (non-hydrogen) atoms. The van der Waals surface area contributed by atoms with Gasteiger partial charge in [0.1, 0.15) is 17.6 Å². The number of nitrogens with one attached hydrogen (secondary N) is 1. The van der Waals surface area contributed by atoms with E-state index in [0.717, 1.165) is 22.3 Å². The van der Waals surface area contributed by atoms with Crippen molar-refractivity contribution in [3.8, 4) is 5.75 Å². The first-order valence-corrected chi connectivity index (χ1v) is 10.9. The Hall–Kier alpha value is -3.67. The van der Waals surface area contributed by atoms with Crippen molar-refractivity contribution >= 4 is 11.8 Å². The second kappa shape index (κ2) is 11.3. The van der Waals surface area contributed by atoms with Gasteiger partial charge in [0.05, 0.1) is 0 Å². The third kappa shape index (κ3) is 6.65. The van der Waals surface area contributed by atoms with Crippen LogP contribution in [0.5, 0.6) is 5.75 Å². The van der Waals surface area contributed by atoms with Crippen molar-refractivity contribution in [2.75, 3.05) is 13.7 Å². The molecule has 5 nitrogen and oxygen atoms in total. The van der Waals surface area contributed by atoms with Crippen LogP contribution in [0.1, 0.15) is 22.3 Å². The number of nitrogens with zero attached hydrogens (tertiary/aromatic N) is 1. The molecule has 6 heteroatoms. The zero-order valence-electron chi connectivity index (χ0n) is 19.2. The lowest BCUT2D eigenvalue weighted by molar-refractivity contribution is -0.142. The minimum atomic E-state index is -0.752. The summed E-state index contributed by atoms with van der Waals surface area (Å²) in [5.41, 5.74) is 3.85. The summed E-state index contributed by atoms with van der Waals surface area (Å²) in [6, 6.07) is 20.3. The molecule has 3 aromatic carbocycles. The van der Waals surface area contributed by atoms with Gasteiger partial charge in [-0.2, -0.15) is 0 Å². The van der Waals surface area contributed by atoms with E-state index in [1.165, 1.54) is 17.0 Å². The molecule has 0 aliphatic carbocycles. The first-order valence-electron chi connectivity index (χ1n) is 10.9. The first-order chi connectivity index (χ1) is 15.9. The second-order valence-corrected chi connectivity index (χ2v) is 8.00. The molecule has 0 aliphatic rings. The minimum absolute atomic E-state index is 0.153. The van der Waals surface area contributed by atoms with Gasteiger partial charge in [0.25, 0.3) is 5.91 Å². The van der Waals surface area contributed by atoms with Crippen molar-refractivity contribution in [1.29, 1.82) is 0 Å². The highest BCUT2D eigenvalue weighted by Crippen LogP contribution is 2.18. The molecule has 3 aromatic rings. The van der Waals surface area contributed by atoms with E-state index in [1.54, 1.807) is 19.2 Å². The summed E-state index contributed by atoms with van der Waals surface area (Å²) in [5.74, 6) is -0.378. The van der Waals surface area contributed by atoms with Gasteiger partial charge in [0.15, 0.2) is 6.61 Å². The topological polar surface area (TPSA) is 58.6 Å². The maximum Gasteiger partial charge on any atom is 0.261 e. The van der Waals surface area contributed by atoms with Crippen LogP contribution in [0.15, 0.2) is 72.8 Å². The number of benzene rings is 3. The summed E-state index contributed by atoms with van der Waals surface area (Å²) < 4.78 is 19.2. The summed E-state index contributed by atoms with van der Waals surface area (Å²) >= 11 is 0. The largest absolute Gasteiger partial charge is 0.484 e. The highest BCUT2D eigenvalue weighted by Gasteiger charge is 2.30. The minimum Gasteiger partial charge on any atom is -0.484 e. The Labute approximate surface area is 194 Å². The third-order valence-electron chi connectivity index (χ3n) is 5.62. The average Bonchev–Trinajstić information content (AvgIpc) is 2.83. The lowest BCUT2D eigenvalue weighted by Crippen LogP contribution is -2.51. The monoisotopic (exact) mass is 448 g/mol. The number of rotatable bonds is 9. The van der Waals surface area contributed by atoms with E-state index in [0.29, 0.717) is 12.2 Å². The molecule has 0 fully saturated rings. The summed E-state index contributed by atoms with van der Waals surface area (Å²) in [5, 5.41) is 2.67. The molecule has 0 aromatic heterocycles. The van der Waals surface area contributed by atoms with Gasteiger partial charge in [-0.3, -0.25) is 9.59 Å². The third-order valence-corrected chi connectivity index (χ3v) is 5.62. The average molecular weight is 449 g/mol. The van der Waals surface area contributed by atoms with Gasteiger partial charge in [0.2, 0.25) is 5.91 Å². The Balaban J connectivity index is 1.86. The number of hydrogen-bond acceptors (Lipinski definition) is 3. The van der Waals surface area contributed by atoms with Gasteiger partial charge in [0, 0.05) is 20.0 Å². The Kier molecular flexibility index (Phi) is 8.19. The van der Waals surface area contributed by atoms with E-state index in [-0.39, 0.29) is 30.8 Å². The van der Waals surface area contributed by atoms with Crippen LogP contribution in [-0.2, 0) is 22.6 Å². The molecule has 1 atom stereocenters. The highest BCUT2D eigenvalue weighted by molar-refractivity contribution is 5.88. The van der Waals surface area contributed by atoms with Crippen LogP contribution < -0.4 is 10.1 Å². The number of ether oxygens (including phenoxy) is 1. The van der Waals surface area contributed by atoms with Crippen LogP contribution in [0.2, 0.25) is 0 Å². The van der Waals surface area contributed by atoms with Crippen LogP contribution in [0.4, 0.5) is 4.39 Å². The second-order valence-electron chi connectivity index (χ2n) is 8.00. The number of halogens is 1. The highest BCUT2D eigenvalue weighted by atomic mass is 19.1. The Morgan fingerprint density at radius 1 is 0.939 bits per heavy atom. The van der Waals surface area contributed by atoms with Gasteiger partial charge in [-0.15, -0.1) is 0 Å². The summed E-state index contributed by atoms with van der Waals surface area (Å²) in [7, 11) is 1.55. The molecule has 0 saturated carbocycles. The Morgan fingerprint density at radius 3 is 2.27 bits per heavy atom. The fraction of sp³-hybridized carbons (Fsp3) is 0.259. The number of likely N-dealkylation sites (N-methyl/N-ethyl adjacent to an activating group) is 1. The zero-order valence-corrected chi connectivity index (χ0v) is 19.2. The maximum atomic E-state index is 13.4. The fourth-order valence-corrected chi connectivity index (χ4v) is 3.54. The molecule has 0 radical (unpaired) electrons. The van der Waals surface area contributed by atoms with Crippen molar-refractivity contribution in [2.24, 2.45) is 0 Å². The Bertz CT molecular complexity index is 1080. The van der Waals surface area contributed by atoms with Gasteiger partial charge < -0.3 is 15.0 Å². The molecule has 172 valence electrons. The molecule has 0 unspecified atom stereocenters. The quantitative estimate of drug-likeness (QED) is 0.534. The summed E-state index contributed by atoms with van der Waals surface area (Å²) in [6.45, 7) is 3.92. The van der Waals surface area contributed by atoms with Gasteiger partial charge in [-0.1, -0.05) is 48.5 Å². The molecule has 0 spiro atoms. The van der Waals surface area contributed by atoms with Crippen molar-refractivity contribution < 1.29 is 18.7 Å². The normalized spacial score (nSPS) is 11.5. The van der Waals surface area contributed by atoms with Crippen molar-refractivity contribution in [3.05, 3.63) is 101 Å². The SMILES string of the molecule is CNC(=O)[C@@H](Cc1ccccc1)N(Cc1ccc(F)cc1)C(=O)COc1ccc(C)c(C)c1. The number of carbonyl (C=O) groups excluding carboxylic acids is 2. The van der Waals surface area contributed by atoms with Gasteiger partial charge in [-0.05, 0) is 60.4 Å². The van der Waals surface area contributed by atoms with E-state index >= 15 is 0 Å². The van der Waals surface area contributed by atoms with Crippen molar-refractivity contribution in [2.45, 2.75) is 32.9 Å². The number of aryl methyl sites for hydroxylation is 2. The molecule has 1 N–H and O–H groups in total. The van der Waals surface area contributed by atoms with Crippen molar-refractivity contribution in [1.82, 2.24) is 10.2 Å². The van der Waals surface area contributed by atoms with Gasteiger partial charge in [-0.25, -0.2) is 4.39 Å². The van der Waals surface area contributed by atoms with E-state index in [1.807, 2.05) is 62.4 Å². The Morgan fingerprint density at radius 2 is 1.64 bits per heavy atom. The molecule has 2 amide bonds. The van der Waals surface area contributed by atoms with E-state index < -0.39 is 6.04 Å².